The van der Waals surface area contributed by atoms with Crippen LogP contribution in [0.2, 0.25) is 0 Å². The number of aromatic nitrogens is 1. The molecule has 0 spiro atoms. The van der Waals surface area contributed by atoms with Crippen LogP contribution in [0.15, 0.2) is 0 Å². The number of hydrogen-bond donors (Lipinski definition) is 1. The van der Waals surface area contributed by atoms with Gasteiger partial charge in [-0.2, -0.15) is 0 Å². The molecule has 1 rings (SSSR count). The molecular weight excluding hydrogens is 200 g/mol. The first-order chi connectivity index (χ1) is 6.63. The van der Waals surface area contributed by atoms with Crippen molar-refractivity contribution in [2.24, 2.45) is 0 Å². The highest BCUT2D eigenvalue weighted by molar-refractivity contribution is 7.11. The van der Waals surface area contributed by atoms with Crippen LogP contribution in [0, 0.1) is 13.8 Å². The lowest BCUT2D eigenvalue weighted by Crippen LogP contribution is -2.25. The predicted octanol–water partition coefficient (Wildman–Crippen LogP) is 1.66. The highest BCUT2D eigenvalue weighted by Crippen LogP contribution is 2.16. The second-order valence-corrected chi connectivity index (χ2v) is 4.20. The molecule has 0 saturated carbocycles. The van der Waals surface area contributed by atoms with Crippen molar-refractivity contribution in [3.63, 3.8) is 0 Å². The van der Waals surface area contributed by atoms with Crippen LogP contribution in [-0.4, -0.2) is 24.7 Å². The summed E-state index contributed by atoms with van der Waals surface area (Å²) in [5.74, 6) is 0. The standard InChI is InChI=1S/C9H14N2O2S/c1-6-8(14-7(2)11-6)4-5-10-9(12)13-3/h4-5H2,1-3H3,(H,10,12). The Labute approximate surface area is 87.3 Å². The van der Waals surface area contributed by atoms with Gasteiger partial charge in [0.2, 0.25) is 0 Å². The Kier molecular flexibility index (Phi) is 3.88. The molecular formula is C9H14N2O2S. The zero-order valence-corrected chi connectivity index (χ0v) is 9.40. The Morgan fingerprint density at radius 3 is 2.79 bits per heavy atom. The van der Waals surface area contributed by atoms with Gasteiger partial charge in [0.1, 0.15) is 0 Å². The van der Waals surface area contributed by atoms with E-state index < -0.39 is 0 Å². The zero-order chi connectivity index (χ0) is 10.6. The summed E-state index contributed by atoms with van der Waals surface area (Å²) in [6.07, 6.45) is 0.427. The van der Waals surface area contributed by atoms with Crippen molar-refractivity contribution in [3.8, 4) is 0 Å². The number of nitrogens with one attached hydrogen (secondary N) is 1. The predicted molar refractivity (Wildman–Crippen MR) is 55.7 cm³/mol. The third kappa shape index (κ3) is 2.99. The van der Waals surface area contributed by atoms with E-state index in [2.05, 4.69) is 15.0 Å². The molecule has 78 valence electrons. The van der Waals surface area contributed by atoms with Crippen molar-refractivity contribution in [3.05, 3.63) is 15.6 Å². The minimum Gasteiger partial charge on any atom is -0.453 e. The van der Waals surface area contributed by atoms with Gasteiger partial charge in [-0.1, -0.05) is 0 Å². The highest BCUT2D eigenvalue weighted by Gasteiger charge is 2.05. The molecule has 14 heavy (non-hydrogen) atoms. The number of rotatable bonds is 3. The number of carbonyl (C=O) groups is 1. The van der Waals surface area contributed by atoms with Gasteiger partial charge in [-0.15, -0.1) is 11.3 Å². The van der Waals surface area contributed by atoms with Crippen molar-refractivity contribution in [1.29, 1.82) is 0 Å². The normalized spacial score (nSPS) is 9.93. The average Bonchev–Trinajstić information content (AvgIpc) is 2.45. The van der Waals surface area contributed by atoms with Gasteiger partial charge in [0.15, 0.2) is 0 Å². The number of carbonyl (C=O) groups excluding carboxylic acids is 1. The van der Waals surface area contributed by atoms with E-state index >= 15 is 0 Å². The van der Waals surface area contributed by atoms with E-state index in [0.717, 1.165) is 17.1 Å². The molecule has 5 heteroatoms. The van der Waals surface area contributed by atoms with Crippen molar-refractivity contribution in [2.45, 2.75) is 20.3 Å². The summed E-state index contributed by atoms with van der Waals surface area (Å²) in [7, 11) is 1.36. The highest BCUT2D eigenvalue weighted by atomic mass is 32.1. The van der Waals surface area contributed by atoms with Crippen LogP contribution in [0.25, 0.3) is 0 Å². The lowest BCUT2D eigenvalue weighted by molar-refractivity contribution is 0.171. The zero-order valence-electron chi connectivity index (χ0n) is 8.59. The largest absolute Gasteiger partial charge is 0.453 e. The molecule has 4 nitrogen and oxygen atoms in total. The van der Waals surface area contributed by atoms with Gasteiger partial charge in [-0.3, -0.25) is 0 Å². The fourth-order valence-electron chi connectivity index (χ4n) is 1.16. The third-order valence-electron chi connectivity index (χ3n) is 1.81. The number of aryl methyl sites for hydroxylation is 2. The quantitative estimate of drug-likeness (QED) is 0.832. The Morgan fingerprint density at radius 1 is 1.57 bits per heavy atom. The number of ether oxygens (including phenoxy) is 1. The van der Waals surface area contributed by atoms with Crippen LogP contribution in [-0.2, 0) is 11.2 Å². The first kappa shape index (κ1) is 11.0. The first-order valence-electron chi connectivity index (χ1n) is 4.38. The van der Waals surface area contributed by atoms with Crippen LogP contribution < -0.4 is 5.32 Å². The van der Waals surface area contributed by atoms with E-state index in [0.29, 0.717) is 6.54 Å². The van der Waals surface area contributed by atoms with Gasteiger partial charge in [0.25, 0.3) is 0 Å². The summed E-state index contributed by atoms with van der Waals surface area (Å²) in [6.45, 7) is 4.56. The molecule has 0 aliphatic carbocycles. The van der Waals surface area contributed by atoms with E-state index in [9.17, 15) is 4.79 Å². The maximum absolute atomic E-state index is 10.7. The minimum atomic E-state index is -0.385. The maximum Gasteiger partial charge on any atom is 0.406 e. The Morgan fingerprint density at radius 2 is 2.29 bits per heavy atom. The van der Waals surface area contributed by atoms with Crippen LogP contribution in [0.1, 0.15) is 15.6 Å². The Hall–Kier alpha value is -1.10. The molecule has 1 aromatic heterocycles. The van der Waals surface area contributed by atoms with Gasteiger partial charge < -0.3 is 10.1 Å². The molecule has 0 unspecified atom stereocenters. The van der Waals surface area contributed by atoms with Crippen molar-refractivity contribution in [2.75, 3.05) is 13.7 Å². The summed E-state index contributed by atoms with van der Waals surface area (Å²) < 4.78 is 4.46. The molecule has 0 aliphatic rings. The molecule has 0 aromatic carbocycles. The van der Waals surface area contributed by atoms with Crippen LogP contribution in [0.3, 0.4) is 0 Å². The number of hydrogen-bond acceptors (Lipinski definition) is 4. The van der Waals surface area contributed by atoms with Gasteiger partial charge in [-0.25, -0.2) is 9.78 Å². The van der Waals surface area contributed by atoms with Crippen LogP contribution >= 0.6 is 11.3 Å². The second kappa shape index (κ2) is 4.95. The smallest absolute Gasteiger partial charge is 0.406 e. The number of amides is 1. The molecule has 0 fully saturated rings. The van der Waals surface area contributed by atoms with E-state index in [1.807, 2.05) is 13.8 Å². The second-order valence-electron chi connectivity index (χ2n) is 2.91. The van der Waals surface area contributed by atoms with Gasteiger partial charge >= 0.3 is 6.09 Å². The van der Waals surface area contributed by atoms with E-state index in [1.54, 1.807) is 11.3 Å². The molecule has 1 heterocycles. The minimum absolute atomic E-state index is 0.385. The monoisotopic (exact) mass is 214 g/mol. The Bertz CT molecular complexity index is 323. The van der Waals surface area contributed by atoms with E-state index in [4.69, 9.17) is 0 Å². The molecule has 0 radical (unpaired) electrons. The van der Waals surface area contributed by atoms with Crippen molar-refractivity contribution >= 4 is 17.4 Å². The fraction of sp³-hybridized carbons (Fsp3) is 0.556. The number of thiazole rings is 1. The molecule has 0 aliphatic heterocycles. The topological polar surface area (TPSA) is 51.2 Å². The van der Waals surface area contributed by atoms with E-state index in [1.165, 1.54) is 12.0 Å². The van der Waals surface area contributed by atoms with Crippen molar-refractivity contribution in [1.82, 2.24) is 10.3 Å². The molecule has 1 N–H and O–H groups in total. The van der Waals surface area contributed by atoms with Gasteiger partial charge in [0, 0.05) is 17.8 Å². The Balaban J connectivity index is 2.38. The lowest BCUT2D eigenvalue weighted by Gasteiger charge is -2.01. The summed E-state index contributed by atoms with van der Waals surface area (Å²) in [5.41, 5.74) is 1.05. The molecule has 1 amide bonds. The third-order valence-corrected chi connectivity index (χ3v) is 2.94. The number of nitrogens with zero attached hydrogens (tertiary/aromatic N) is 1. The lowest BCUT2D eigenvalue weighted by atomic mass is 10.3. The van der Waals surface area contributed by atoms with Gasteiger partial charge in [0.05, 0.1) is 17.8 Å². The van der Waals surface area contributed by atoms with Crippen LogP contribution in [0.4, 0.5) is 4.79 Å². The SMILES string of the molecule is COC(=O)NCCc1sc(C)nc1C. The molecule has 0 bridgehead atoms. The summed E-state index contributed by atoms with van der Waals surface area (Å²) in [4.78, 5) is 16.3. The van der Waals surface area contributed by atoms with E-state index in [-0.39, 0.29) is 6.09 Å². The average molecular weight is 214 g/mol. The van der Waals surface area contributed by atoms with Gasteiger partial charge in [-0.05, 0) is 13.8 Å². The molecule has 0 saturated heterocycles. The number of methoxy groups -OCH3 is 1. The molecule has 0 atom stereocenters. The maximum atomic E-state index is 10.7. The van der Waals surface area contributed by atoms with Crippen molar-refractivity contribution < 1.29 is 9.53 Å². The molecule has 1 aromatic rings. The number of alkyl carbamates (subject to hydrolysis) is 1. The first-order valence-corrected chi connectivity index (χ1v) is 5.20. The fourth-order valence-corrected chi connectivity index (χ4v) is 2.09. The van der Waals surface area contributed by atoms with Crippen LogP contribution in [0.5, 0.6) is 0 Å². The summed E-state index contributed by atoms with van der Waals surface area (Å²) >= 11 is 1.67. The summed E-state index contributed by atoms with van der Waals surface area (Å²) in [5, 5.41) is 3.70. The summed E-state index contributed by atoms with van der Waals surface area (Å²) in [6, 6.07) is 0.